The molecular formula is C15H12N2OS. The summed E-state index contributed by atoms with van der Waals surface area (Å²) in [5, 5.41) is 5.96. The number of carbonyl (C=O) groups excluding carboxylic acids is 1. The van der Waals surface area contributed by atoms with E-state index < -0.39 is 0 Å². The maximum absolute atomic E-state index is 12.1. The van der Waals surface area contributed by atoms with Gasteiger partial charge in [-0.2, -0.15) is 0 Å². The van der Waals surface area contributed by atoms with E-state index in [4.69, 9.17) is 5.73 Å². The highest BCUT2D eigenvalue weighted by molar-refractivity contribution is 7.17. The number of nitrogens with two attached hydrogens (primary N) is 1. The van der Waals surface area contributed by atoms with Crippen molar-refractivity contribution in [2.45, 2.75) is 0 Å². The van der Waals surface area contributed by atoms with Crippen molar-refractivity contribution in [3.8, 4) is 0 Å². The van der Waals surface area contributed by atoms with Crippen molar-refractivity contribution in [2.24, 2.45) is 0 Å². The molecule has 0 fully saturated rings. The fraction of sp³-hybridized carbons (Fsp3) is 0. The topological polar surface area (TPSA) is 55.1 Å². The Morgan fingerprint density at radius 1 is 1.05 bits per heavy atom. The smallest absolute Gasteiger partial charge is 0.255 e. The molecule has 1 amide bonds. The van der Waals surface area contributed by atoms with Crippen molar-refractivity contribution in [1.29, 1.82) is 0 Å². The molecule has 19 heavy (non-hydrogen) atoms. The highest BCUT2D eigenvalue weighted by atomic mass is 32.1. The third kappa shape index (κ3) is 2.30. The summed E-state index contributed by atoms with van der Waals surface area (Å²) in [6.45, 7) is 0. The Bertz CT molecular complexity index is 731. The summed E-state index contributed by atoms with van der Waals surface area (Å²) in [4.78, 5) is 12.1. The van der Waals surface area contributed by atoms with Gasteiger partial charge in [-0.3, -0.25) is 4.79 Å². The first kappa shape index (κ1) is 11.7. The number of fused-ring (bicyclic) bond motifs is 1. The Balaban J connectivity index is 1.89. The molecule has 2 aromatic carbocycles. The first-order chi connectivity index (χ1) is 9.24. The van der Waals surface area contributed by atoms with Gasteiger partial charge in [0.15, 0.2) is 0 Å². The van der Waals surface area contributed by atoms with Gasteiger partial charge in [-0.05, 0) is 30.3 Å². The summed E-state index contributed by atoms with van der Waals surface area (Å²) >= 11 is 1.62. The fourth-order valence-electron chi connectivity index (χ4n) is 1.90. The van der Waals surface area contributed by atoms with Crippen LogP contribution in [0, 0.1) is 0 Å². The van der Waals surface area contributed by atoms with Crippen molar-refractivity contribution in [1.82, 2.24) is 0 Å². The number of hydrogen-bond acceptors (Lipinski definition) is 3. The van der Waals surface area contributed by atoms with Crippen molar-refractivity contribution < 1.29 is 4.79 Å². The number of amides is 1. The van der Waals surface area contributed by atoms with Gasteiger partial charge in [0, 0.05) is 26.7 Å². The van der Waals surface area contributed by atoms with Crippen LogP contribution in [0.25, 0.3) is 10.1 Å². The normalized spacial score (nSPS) is 10.5. The molecule has 3 aromatic rings. The molecule has 0 spiro atoms. The number of rotatable bonds is 2. The Kier molecular flexibility index (Phi) is 2.93. The van der Waals surface area contributed by atoms with Crippen LogP contribution in [-0.2, 0) is 0 Å². The Morgan fingerprint density at radius 2 is 1.79 bits per heavy atom. The van der Waals surface area contributed by atoms with Crippen LogP contribution < -0.4 is 11.1 Å². The summed E-state index contributed by atoms with van der Waals surface area (Å²) in [6, 6.07) is 14.9. The summed E-state index contributed by atoms with van der Waals surface area (Å²) in [5.74, 6) is -0.122. The van der Waals surface area contributed by atoms with Crippen LogP contribution in [0.3, 0.4) is 0 Å². The molecule has 1 heterocycles. The predicted octanol–water partition coefficient (Wildman–Crippen LogP) is 3.74. The first-order valence-electron chi connectivity index (χ1n) is 5.87. The third-order valence-electron chi connectivity index (χ3n) is 2.90. The number of thiophene rings is 1. The number of anilines is 2. The van der Waals surface area contributed by atoms with E-state index in [1.807, 2.05) is 29.6 Å². The fourth-order valence-corrected chi connectivity index (χ4v) is 2.80. The van der Waals surface area contributed by atoms with Crippen LogP contribution in [-0.4, -0.2) is 5.91 Å². The molecule has 0 aliphatic carbocycles. The van der Waals surface area contributed by atoms with Crippen LogP contribution in [0.1, 0.15) is 10.4 Å². The van der Waals surface area contributed by atoms with Crippen molar-refractivity contribution in [3.63, 3.8) is 0 Å². The minimum absolute atomic E-state index is 0.122. The molecule has 0 radical (unpaired) electrons. The van der Waals surface area contributed by atoms with Crippen LogP contribution >= 0.6 is 11.3 Å². The molecule has 0 aliphatic heterocycles. The van der Waals surface area contributed by atoms with Crippen LogP contribution in [0.5, 0.6) is 0 Å². The van der Waals surface area contributed by atoms with E-state index in [0.29, 0.717) is 11.3 Å². The Labute approximate surface area is 114 Å². The minimum Gasteiger partial charge on any atom is -0.399 e. The predicted molar refractivity (Wildman–Crippen MR) is 80.6 cm³/mol. The van der Waals surface area contributed by atoms with Gasteiger partial charge in [0.05, 0.1) is 5.69 Å². The van der Waals surface area contributed by atoms with E-state index in [-0.39, 0.29) is 5.91 Å². The van der Waals surface area contributed by atoms with Gasteiger partial charge in [0.25, 0.3) is 5.91 Å². The van der Waals surface area contributed by atoms with Gasteiger partial charge in [-0.1, -0.05) is 18.2 Å². The number of hydrogen-bond donors (Lipinski definition) is 2. The van der Waals surface area contributed by atoms with Crippen molar-refractivity contribution in [2.75, 3.05) is 11.1 Å². The highest BCUT2D eigenvalue weighted by Crippen LogP contribution is 2.30. The second kappa shape index (κ2) is 4.74. The Morgan fingerprint density at radius 3 is 2.58 bits per heavy atom. The molecule has 1 aromatic heterocycles. The van der Waals surface area contributed by atoms with Crippen LogP contribution in [0.4, 0.5) is 11.4 Å². The van der Waals surface area contributed by atoms with Crippen LogP contribution in [0.15, 0.2) is 53.9 Å². The monoisotopic (exact) mass is 268 g/mol. The van der Waals surface area contributed by atoms with E-state index >= 15 is 0 Å². The van der Waals surface area contributed by atoms with Crippen LogP contribution in [0.2, 0.25) is 0 Å². The van der Waals surface area contributed by atoms with E-state index in [0.717, 1.165) is 15.8 Å². The SMILES string of the molecule is Nc1ccc(C(=O)Nc2csc3ccccc23)cc1. The zero-order valence-electron chi connectivity index (χ0n) is 10.1. The van der Waals surface area contributed by atoms with Gasteiger partial charge in [0.1, 0.15) is 0 Å². The summed E-state index contributed by atoms with van der Waals surface area (Å²) in [5.41, 5.74) is 7.71. The zero-order valence-corrected chi connectivity index (χ0v) is 10.9. The third-order valence-corrected chi connectivity index (χ3v) is 3.87. The average molecular weight is 268 g/mol. The molecular weight excluding hydrogens is 256 g/mol. The van der Waals surface area contributed by atoms with Gasteiger partial charge in [-0.15, -0.1) is 11.3 Å². The molecule has 0 bridgehead atoms. The average Bonchev–Trinajstić information content (AvgIpc) is 2.83. The van der Waals surface area contributed by atoms with Crippen molar-refractivity contribution >= 4 is 38.7 Å². The molecule has 0 saturated carbocycles. The summed E-state index contributed by atoms with van der Waals surface area (Å²) in [7, 11) is 0. The Hall–Kier alpha value is -2.33. The van der Waals surface area contributed by atoms with Crippen molar-refractivity contribution in [3.05, 3.63) is 59.5 Å². The number of benzene rings is 2. The zero-order chi connectivity index (χ0) is 13.2. The quantitative estimate of drug-likeness (QED) is 0.696. The number of carbonyl (C=O) groups is 1. The maximum Gasteiger partial charge on any atom is 0.255 e. The molecule has 4 heteroatoms. The lowest BCUT2D eigenvalue weighted by atomic mass is 10.2. The van der Waals surface area contributed by atoms with E-state index in [1.165, 1.54) is 0 Å². The second-order valence-corrected chi connectivity index (χ2v) is 5.13. The largest absolute Gasteiger partial charge is 0.399 e. The maximum atomic E-state index is 12.1. The standard InChI is InChI=1S/C15H12N2OS/c16-11-7-5-10(6-8-11)15(18)17-13-9-19-14-4-2-1-3-12(13)14/h1-9H,16H2,(H,17,18). The summed E-state index contributed by atoms with van der Waals surface area (Å²) < 4.78 is 1.16. The number of nitrogens with one attached hydrogen (secondary N) is 1. The van der Waals surface area contributed by atoms with E-state index in [1.54, 1.807) is 35.6 Å². The molecule has 0 atom stereocenters. The van der Waals surface area contributed by atoms with Gasteiger partial charge in [-0.25, -0.2) is 0 Å². The molecule has 3 rings (SSSR count). The molecule has 3 N–H and O–H groups in total. The number of nitrogen functional groups attached to an aromatic ring is 1. The van der Waals surface area contributed by atoms with Gasteiger partial charge >= 0.3 is 0 Å². The molecule has 0 unspecified atom stereocenters. The van der Waals surface area contributed by atoms with Gasteiger partial charge < -0.3 is 11.1 Å². The molecule has 0 aliphatic rings. The summed E-state index contributed by atoms with van der Waals surface area (Å²) in [6.07, 6.45) is 0. The molecule has 94 valence electrons. The van der Waals surface area contributed by atoms with Gasteiger partial charge in [0.2, 0.25) is 0 Å². The first-order valence-corrected chi connectivity index (χ1v) is 6.75. The lowest BCUT2D eigenvalue weighted by Gasteiger charge is -2.04. The molecule has 3 nitrogen and oxygen atoms in total. The highest BCUT2D eigenvalue weighted by Gasteiger charge is 2.09. The molecule has 0 saturated heterocycles. The minimum atomic E-state index is -0.122. The lowest BCUT2D eigenvalue weighted by Crippen LogP contribution is -2.11. The van der Waals surface area contributed by atoms with E-state index in [2.05, 4.69) is 5.32 Å². The van der Waals surface area contributed by atoms with E-state index in [9.17, 15) is 4.79 Å². The second-order valence-electron chi connectivity index (χ2n) is 4.22. The lowest BCUT2D eigenvalue weighted by molar-refractivity contribution is 0.102.